The fraction of sp³-hybridized carbons (Fsp3) is 0.500. The Labute approximate surface area is 153 Å². The van der Waals surface area contributed by atoms with E-state index in [0.717, 1.165) is 13.0 Å². The van der Waals surface area contributed by atoms with Crippen LogP contribution < -0.4 is 10.2 Å². The van der Waals surface area contributed by atoms with Gasteiger partial charge < -0.3 is 15.1 Å². The molecule has 26 heavy (non-hydrogen) atoms. The van der Waals surface area contributed by atoms with Crippen molar-refractivity contribution in [2.45, 2.75) is 20.3 Å². The van der Waals surface area contributed by atoms with Crippen LogP contribution in [-0.2, 0) is 0 Å². The van der Waals surface area contributed by atoms with Gasteiger partial charge in [-0.3, -0.25) is 4.79 Å². The van der Waals surface area contributed by atoms with Crippen molar-refractivity contribution in [3.05, 3.63) is 36.3 Å². The van der Waals surface area contributed by atoms with Crippen molar-refractivity contribution < 1.29 is 4.79 Å². The van der Waals surface area contributed by atoms with E-state index < -0.39 is 0 Å². The number of anilines is 2. The Morgan fingerprint density at radius 2 is 1.85 bits per heavy atom. The van der Waals surface area contributed by atoms with Crippen molar-refractivity contribution in [3.63, 3.8) is 0 Å². The van der Waals surface area contributed by atoms with E-state index >= 15 is 0 Å². The summed E-state index contributed by atoms with van der Waals surface area (Å²) in [6.07, 6.45) is 4.52. The molecule has 1 N–H and O–H groups in total. The van der Waals surface area contributed by atoms with E-state index in [4.69, 9.17) is 0 Å². The highest BCUT2D eigenvalue weighted by Crippen LogP contribution is 2.12. The highest BCUT2D eigenvalue weighted by molar-refractivity contribution is 5.92. The molecule has 1 aliphatic heterocycles. The van der Waals surface area contributed by atoms with E-state index in [-0.39, 0.29) is 5.91 Å². The molecule has 2 aromatic rings. The lowest BCUT2D eigenvalue weighted by Gasteiger charge is -2.34. The van der Waals surface area contributed by atoms with Gasteiger partial charge in [-0.15, -0.1) is 10.2 Å². The maximum atomic E-state index is 12.6. The minimum absolute atomic E-state index is 0.0835. The monoisotopic (exact) mass is 355 g/mol. The molecular formula is C18H25N7O. The molecule has 0 unspecified atom stereocenters. The molecule has 3 heterocycles. The minimum Gasteiger partial charge on any atom is -0.369 e. The Morgan fingerprint density at radius 3 is 2.46 bits per heavy atom. The molecule has 0 saturated carbocycles. The van der Waals surface area contributed by atoms with Crippen LogP contribution in [0.5, 0.6) is 0 Å². The highest BCUT2D eigenvalue weighted by atomic mass is 16.2. The Bertz CT molecular complexity index is 697. The summed E-state index contributed by atoms with van der Waals surface area (Å²) in [7, 11) is 0. The number of amides is 1. The molecule has 3 rings (SSSR count). The summed E-state index contributed by atoms with van der Waals surface area (Å²) in [5.41, 5.74) is 0.379. The van der Waals surface area contributed by atoms with Gasteiger partial charge in [-0.05, 0) is 30.5 Å². The summed E-state index contributed by atoms with van der Waals surface area (Å²) in [5, 5.41) is 11.4. The quantitative estimate of drug-likeness (QED) is 0.843. The summed E-state index contributed by atoms with van der Waals surface area (Å²) < 4.78 is 0. The summed E-state index contributed by atoms with van der Waals surface area (Å²) >= 11 is 0. The van der Waals surface area contributed by atoms with Gasteiger partial charge in [-0.1, -0.05) is 13.8 Å². The van der Waals surface area contributed by atoms with Gasteiger partial charge in [0.15, 0.2) is 5.69 Å². The molecule has 1 fully saturated rings. The SMILES string of the molecule is CC(C)CCNc1ccc(C(=O)N2CCN(c3ncccn3)CC2)nn1. The number of piperazine rings is 1. The van der Waals surface area contributed by atoms with Crippen molar-refractivity contribution in [1.29, 1.82) is 0 Å². The molecule has 8 nitrogen and oxygen atoms in total. The van der Waals surface area contributed by atoms with Crippen LogP contribution >= 0.6 is 0 Å². The highest BCUT2D eigenvalue weighted by Gasteiger charge is 2.24. The van der Waals surface area contributed by atoms with E-state index in [0.29, 0.717) is 49.6 Å². The second-order valence-corrected chi connectivity index (χ2v) is 6.74. The number of carbonyl (C=O) groups excluding carboxylic acids is 1. The third kappa shape index (κ3) is 4.65. The molecule has 0 aliphatic carbocycles. The number of rotatable bonds is 6. The summed E-state index contributed by atoms with van der Waals surface area (Å²) in [5.74, 6) is 1.96. The molecule has 8 heteroatoms. The van der Waals surface area contributed by atoms with Gasteiger partial charge in [-0.2, -0.15) is 0 Å². The van der Waals surface area contributed by atoms with Gasteiger partial charge in [0.05, 0.1) is 0 Å². The van der Waals surface area contributed by atoms with Gasteiger partial charge in [0.1, 0.15) is 5.82 Å². The third-order valence-corrected chi connectivity index (χ3v) is 4.31. The topological polar surface area (TPSA) is 87.1 Å². The average molecular weight is 355 g/mol. The molecule has 2 aromatic heterocycles. The number of nitrogens with zero attached hydrogens (tertiary/aromatic N) is 6. The second-order valence-electron chi connectivity index (χ2n) is 6.74. The zero-order valence-corrected chi connectivity index (χ0v) is 15.3. The fourth-order valence-corrected chi connectivity index (χ4v) is 2.76. The Morgan fingerprint density at radius 1 is 1.12 bits per heavy atom. The van der Waals surface area contributed by atoms with Crippen LogP contribution in [0.15, 0.2) is 30.6 Å². The van der Waals surface area contributed by atoms with Crippen LogP contribution in [0.2, 0.25) is 0 Å². The van der Waals surface area contributed by atoms with Crippen molar-refractivity contribution in [2.75, 3.05) is 42.9 Å². The number of nitrogens with one attached hydrogen (secondary N) is 1. The number of hydrogen-bond donors (Lipinski definition) is 1. The van der Waals surface area contributed by atoms with Crippen molar-refractivity contribution in [3.8, 4) is 0 Å². The maximum Gasteiger partial charge on any atom is 0.274 e. The van der Waals surface area contributed by atoms with E-state index in [1.165, 1.54) is 0 Å². The average Bonchev–Trinajstić information content (AvgIpc) is 2.68. The van der Waals surface area contributed by atoms with Crippen LogP contribution in [0, 0.1) is 5.92 Å². The molecule has 1 saturated heterocycles. The van der Waals surface area contributed by atoms with Gasteiger partial charge in [0, 0.05) is 45.1 Å². The predicted molar refractivity (Wildman–Crippen MR) is 100 cm³/mol. The number of hydrogen-bond acceptors (Lipinski definition) is 7. The summed E-state index contributed by atoms with van der Waals surface area (Å²) in [6.45, 7) is 7.86. The molecule has 0 atom stereocenters. The Hall–Kier alpha value is -2.77. The first kappa shape index (κ1) is 18.0. The first-order chi connectivity index (χ1) is 12.6. The van der Waals surface area contributed by atoms with Crippen LogP contribution in [0.25, 0.3) is 0 Å². The van der Waals surface area contributed by atoms with E-state index in [2.05, 4.69) is 44.2 Å². The first-order valence-corrected chi connectivity index (χ1v) is 9.02. The van der Waals surface area contributed by atoms with Gasteiger partial charge in [0.25, 0.3) is 5.91 Å². The van der Waals surface area contributed by atoms with Crippen molar-refractivity contribution in [2.24, 2.45) is 5.92 Å². The zero-order valence-electron chi connectivity index (χ0n) is 15.3. The molecule has 0 radical (unpaired) electrons. The van der Waals surface area contributed by atoms with E-state index in [1.807, 2.05) is 6.07 Å². The smallest absolute Gasteiger partial charge is 0.274 e. The van der Waals surface area contributed by atoms with Crippen LogP contribution in [0.4, 0.5) is 11.8 Å². The van der Waals surface area contributed by atoms with Crippen LogP contribution in [0.3, 0.4) is 0 Å². The van der Waals surface area contributed by atoms with Gasteiger partial charge in [-0.25, -0.2) is 9.97 Å². The molecular weight excluding hydrogens is 330 g/mol. The first-order valence-electron chi connectivity index (χ1n) is 9.02. The van der Waals surface area contributed by atoms with E-state index in [1.54, 1.807) is 29.4 Å². The lowest BCUT2D eigenvalue weighted by molar-refractivity contribution is 0.0739. The molecule has 138 valence electrons. The standard InChI is InChI=1S/C18H25N7O/c1-14(2)6-9-19-16-5-4-15(22-23-16)17(26)24-10-12-25(13-11-24)18-20-7-3-8-21-18/h3-5,7-8,14H,6,9-13H2,1-2H3,(H,19,23). The lowest BCUT2D eigenvalue weighted by Crippen LogP contribution is -2.49. The van der Waals surface area contributed by atoms with Crippen LogP contribution in [0.1, 0.15) is 30.8 Å². The largest absolute Gasteiger partial charge is 0.369 e. The molecule has 1 aliphatic rings. The van der Waals surface area contributed by atoms with Crippen molar-refractivity contribution in [1.82, 2.24) is 25.1 Å². The fourth-order valence-electron chi connectivity index (χ4n) is 2.76. The maximum absolute atomic E-state index is 12.6. The Kier molecular flexibility index (Phi) is 5.93. The third-order valence-electron chi connectivity index (χ3n) is 4.31. The van der Waals surface area contributed by atoms with Gasteiger partial charge >= 0.3 is 0 Å². The number of aromatic nitrogens is 4. The second kappa shape index (κ2) is 8.55. The normalized spacial score (nSPS) is 14.6. The molecule has 0 bridgehead atoms. The summed E-state index contributed by atoms with van der Waals surface area (Å²) in [6, 6.07) is 5.34. The Balaban J connectivity index is 1.52. The molecule has 0 spiro atoms. The lowest BCUT2D eigenvalue weighted by atomic mass is 10.1. The van der Waals surface area contributed by atoms with E-state index in [9.17, 15) is 4.79 Å². The number of carbonyl (C=O) groups is 1. The predicted octanol–water partition coefficient (Wildman–Crippen LogP) is 1.69. The summed E-state index contributed by atoms with van der Waals surface area (Å²) in [4.78, 5) is 25.0. The van der Waals surface area contributed by atoms with Crippen LogP contribution in [-0.4, -0.2) is 63.7 Å². The van der Waals surface area contributed by atoms with Gasteiger partial charge in [0.2, 0.25) is 5.95 Å². The zero-order chi connectivity index (χ0) is 18.4. The minimum atomic E-state index is -0.0835. The molecule has 0 aromatic carbocycles. The van der Waals surface area contributed by atoms with Crippen molar-refractivity contribution >= 4 is 17.7 Å². The molecule has 1 amide bonds.